The number of fused-ring (bicyclic) bond motifs is 2. The quantitative estimate of drug-likeness (QED) is 0.906. The molecule has 1 unspecified atom stereocenters. The number of para-hydroxylation sites is 1. The summed E-state index contributed by atoms with van der Waals surface area (Å²) in [5.41, 5.74) is 1.55. The number of carbonyl (C=O) groups is 1. The molecule has 0 bridgehead atoms. The summed E-state index contributed by atoms with van der Waals surface area (Å²) in [5.74, 6) is 0.704. The number of rotatable bonds is 2. The molecule has 120 valence electrons. The van der Waals surface area contributed by atoms with E-state index in [1.807, 2.05) is 61.5 Å². The standard InChI is InChI=1S/C18H16N4OS/c1-2-24-18-20-17(23)15-13-10-6-7-11-14(13)19-16(22(15)21-18)12-8-4-3-5-9-12/h3-11,16H,2H2,1H3,(H,20,21,23). The van der Waals surface area contributed by atoms with E-state index in [4.69, 9.17) is 4.99 Å². The highest BCUT2D eigenvalue weighted by atomic mass is 32.2. The third-order valence-corrected chi connectivity index (χ3v) is 4.64. The monoisotopic (exact) mass is 336 g/mol. The number of nitrogens with one attached hydrogen (secondary N) is 1. The Hall–Kier alpha value is -2.60. The molecule has 0 aliphatic carbocycles. The van der Waals surface area contributed by atoms with Gasteiger partial charge in [-0.15, -0.1) is 5.10 Å². The van der Waals surface area contributed by atoms with E-state index in [0.29, 0.717) is 10.9 Å². The van der Waals surface area contributed by atoms with Crippen molar-refractivity contribution in [2.45, 2.75) is 13.1 Å². The summed E-state index contributed by atoms with van der Waals surface area (Å²) in [7, 11) is 0. The van der Waals surface area contributed by atoms with Gasteiger partial charge in [0, 0.05) is 5.22 Å². The molecule has 2 aliphatic rings. The van der Waals surface area contributed by atoms with Crippen LogP contribution in [0.1, 0.15) is 18.7 Å². The van der Waals surface area contributed by atoms with E-state index in [1.165, 1.54) is 11.8 Å². The molecule has 0 spiro atoms. The van der Waals surface area contributed by atoms with Crippen molar-refractivity contribution in [3.63, 3.8) is 0 Å². The Morgan fingerprint density at radius 2 is 1.88 bits per heavy atom. The third kappa shape index (κ3) is 2.49. The lowest BCUT2D eigenvalue weighted by molar-refractivity contribution is -0.116. The fraction of sp³-hybridized carbons (Fsp3) is 0.167. The first-order valence-electron chi connectivity index (χ1n) is 7.82. The number of benzene rings is 2. The summed E-state index contributed by atoms with van der Waals surface area (Å²) in [6.45, 7) is 2.03. The van der Waals surface area contributed by atoms with Gasteiger partial charge in [0.15, 0.2) is 11.3 Å². The Balaban J connectivity index is 1.96. The number of nitrogens with zero attached hydrogens (tertiary/aromatic N) is 3. The SMILES string of the molecule is CCSC1=NN2C(=c3ccccc3=NC2c2ccccc2)C(=O)N1. The van der Waals surface area contributed by atoms with Crippen molar-refractivity contribution >= 4 is 28.5 Å². The second-order valence-electron chi connectivity index (χ2n) is 5.42. The predicted octanol–water partition coefficient (Wildman–Crippen LogP) is 1.58. The molecule has 0 radical (unpaired) electrons. The predicted molar refractivity (Wildman–Crippen MR) is 95.4 cm³/mol. The van der Waals surface area contributed by atoms with Crippen molar-refractivity contribution in [3.8, 4) is 0 Å². The Labute approximate surface area is 143 Å². The van der Waals surface area contributed by atoms with E-state index >= 15 is 0 Å². The first-order chi connectivity index (χ1) is 11.8. The van der Waals surface area contributed by atoms with Crippen LogP contribution in [0.3, 0.4) is 0 Å². The van der Waals surface area contributed by atoms with Crippen molar-refractivity contribution in [2.24, 2.45) is 10.1 Å². The number of amides is 1. The van der Waals surface area contributed by atoms with Gasteiger partial charge in [-0.2, -0.15) is 0 Å². The summed E-state index contributed by atoms with van der Waals surface area (Å²) in [4.78, 5) is 17.6. The van der Waals surface area contributed by atoms with Gasteiger partial charge in [-0.1, -0.05) is 67.2 Å². The van der Waals surface area contributed by atoms with Gasteiger partial charge in [0.05, 0.1) is 5.36 Å². The average molecular weight is 336 g/mol. The molecule has 1 N–H and O–H groups in total. The van der Waals surface area contributed by atoms with Crippen LogP contribution in [-0.2, 0) is 4.79 Å². The lowest BCUT2D eigenvalue weighted by Crippen LogP contribution is -2.50. The van der Waals surface area contributed by atoms with Gasteiger partial charge in [-0.25, -0.2) is 5.01 Å². The molecule has 5 nitrogen and oxygen atoms in total. The Bertz CT molecular complexity index is 939. The van der Waals surface area contributed by atoms with Gasteiger partial charge < -0.3 is 0 Å². The van der Waals surface area contributed by atoms with Crippen LogP contribution < -0.4 is 15.9 Å². The van der Waals surface area contributed by atoms with Gasteiger partial charge in [-0.05, 0) is 17.4 Å². The smallest absolute Gasteiger partial charge is 0.276 e. The number of carbonyl (C=O) groups excluding carboxylic acids is 1. The van der Waals surface area contributed by atoms with Gasteiger partial charge >= 0.3 is 0 Å². The van der Waals surface area contributed by atoms with Crippen LogP contribution in [0.4, 0.5) is 0 Å². The fourth-order valence-electron chi connectivity index (χ4n) is 2.87. The molecule has 4 rings (SSSR count). The van der Waals surface area contributed by atoms with Gasteiger partial charge in [0.25, 0.3) is 5.91 Å². The summed E-state index contributed by atoms with van der Waals surface area (Å²) in [6.07, 6.45) is -0.338. The Kier molecular flexibility index (Phi) is 3.82. The molecule has 1 amide bonds. The zero-order chi connectivity index (χ0) is 16.5. The molecule has 0 fully saturated rings. The highest BCUT2D eigenvalue weighted by molar-refractivity contribution is 8.13. The molecule has 24 heavy (non-hydrogen) atoms. The van der Waals surface area contributed by atoms with E-state index in [0.717, 1.165) is 21.9 Å². The van der Waals surface area contributed by atoms with Gasteiger partial charge in [0.1, 0.15) is 5.70 Å². The second kappa shape index (κ2) is 6.13. The molecule has 6 heteroatoms. The first-order valence-corrected chi connectivity index (χ1v) is 8.80. The van der Waals surface area contributed by atoms with Crippen LogP contribution >= 0.6 is 11.8 Å². The number of amidine groups is 1. The van der Waals surface area contributed by atoms with Gasteiger partial charge in [0.2, 0.25) is 0 Å². The van der Waals surface area contributed by atoms with Crippen LogP contribution in [-0.4, -0.2) is 21.8 Å². The van der Waals surface area contributed by atoms with Crippen molar-refractivity contribution in [1.82, 2.24) is 10.3 Å². The van der Waals surface area contributed by atoms with Crippen LogP contribution in [0, 0.1) is 0 Å². The number of hydrogen-bond donors (Lipinski definition) is 1. The molecule has 1 atom stereocenters. The molecule has 2 aromatic carbocycles. The topological polar surface area (TPSA) is 57.1 Å². The van der Waals surface area contributed by atoms with Crippen LogP contribution in [0.5, 0.6) is 0 Å². The fourth-order valence-corrected chi connectivity index (χ4v) is 3.46. The minimum atomic E-state index is -0.338. The molecular weight excluding hydrogens is 320 g/mol. The molecule has 0 saturated carbocycles. The highest BCUT2D eigenvalue weighted by Gasteiger charge is 2.34. The average Bonchev–Trinajstić information content (AvgIpc) is 2.62. The van der Waals surface area contributed by atoms with Gasteiger partial charge in [-0.3, -0.25) is 15.1 Å². The third-order valence-electron chi connectivity index (χ3n) is 3.89. The van der Waals surface area contributed by atoms with Crippen molar-refractivity contribution in [2.75, 3.05) is 5.75 Å². The van der Waals surface area contributed by atoms with Crippen molar-refractivity contribution in [3.05, 3.63) is 70.7 Å². The van der Waals surface area contributed by atoms with Crippen LogP contribution in [0.25, 0.3) is 5.70 Å². The van der Waals surface area contributed by atoms with E-state index in [-0.39, 0.29) is 12.1 Å². The second-order valence-corrected chi connectivity index (χ2v) is 6.67. The minimum absolute atomic E-state index is 0.135. The van der Waals surface area contributed by atoms with E-state index in [9.17, 15) is 4.79 Å². The molecule has 0 saturated heterocycles. The zero-order valence-corrected chi connectivity index (χ0v) is 14.0. The lowest BCUT2D eigenvalue weighted by atomic mass is 10.1. The molecule has 2 aliphatic heterocycles. The van der Waals surface area contributed by atoms with E-state index in [1.54, 1.807) is 5.01 Å². The van der Waals surface area contributed by atoms with Crippen LogP contribution in [0.2, 0.25) is 0 Å². The highest BCUT2D eigenvalue weighted by Crippen LogP contribution is 2.30. The normalized spacial score (nSPS) is 19.0. The summed E-state index contributed by atoms with van der Waals surface area (Å²) < 4.78 is 0. The van der Waals surface area contributed by atoms with Crippen molar-refractivity contribution in [1.29, 1.82) is 0 Å². The Morgan fingerprint density at radius 1 is 1.12 bits per heavy atom. The van der Waals surface area contributed by atoms with Crippen LogP contribution in [0.15, 0.2) is 64.7 Å². The molecular formula is C18H16N4OS. The zero-order valence-electron chi connectivity index (χ0n) is 13.1. The lowest BCUT2D eigenvalue weighted by Gasteiger charge is -2.34. The largest absolute Gasteiger partial charge is 0.298 e. The van der Waals surface area contributed by atoms with E-state index in [2.05, 4.69) is 10.4 Å². The maximum absolute atomic E-state index is 12.7. The maximum Gasteiger partial charge on any atom is 0.276 e. The summed E-state index contributed by atoms with van der Waals surface area (Å²) in [6, 6.07) is 17.6. The maximum atomic E-state index is 12.7. The number of thioether (sulfide) groups is 1. The first kappa shape index (κ1) is 15.0. The molecule has 2 aromatic rings. The summed E-state index contributed by atoms with van der Waals surface area (Å²) in [5, 5.41) is 11.5. The van der Waals surface area contributed by atoms with E-state index < -0.39 is 0 Å². The van der Waals surface area contributed by atoms with Crippen molar-refractivity contribution < 1.29 is 4.79 Å². The number of hydrazone groups is 1. The molecule has 0 aromatic heterocycles. The minimum Gasteiger partial charge on any atom is -0.298 e. The Morgan fingerprint density at radius 3 is 2.67 bits per heavy atom. The molecule has 2 heterocycles. The summed E-state index contributed by atoms with van der Waals surface area (Å²) >= 11 is 1.51. The number of hydrogen-bond acceptors (Lipinski definition) is 5.